The Morgan fingerprint density at radius 1 is 0.971 bits per heavy atom. The largest absolute Gasteiger partial charge is 0.496 e. The van der Waals surface area contributed by atoms with Crippen LogP contribution in [-0.2, 0) is 17.9 Å². The summed E-state index contributed by atoms with van der Waals surface area (Å²) in [6.45, 7) is 4.99. The minimum Gasteiger partial charge on any atom is -0.496 e. The Hall–Kier alpha value is -4.32. The zero-order chi connectivity index (χ0) is 24.6. The summed E-state index contributed by atoms with van der Waals surface area (Å²) in [5, 5.41) is 7.36. The number of benzene rings is 3. The standard InChI is InChI=1S/C29H29N3O3/c1-21-9-7-8-12-26(21)35-20-25-18-23(13-15-27(25)34-3)14-16-29(33)30-28-17-22(2)32(31-28)19-24-10-5-4-6-11-24/h4-18H,19-20H2,1-3H3,(H,30,31,33)/b16-14+. The highest BCUT2D eigenvalue weighted by Gasteiger charge is 2.09. The third-order valence-corrected chi connectivity index (χ3v) is 5.62. The Kier molecular flexibility index (Phi) is 7.63. The molecule has 0 bridgehead atoms. The fraction of sp³-hybridized carbons (Fsp3) is 0.172. The minimum atomic E-state index is -0.247. The Morgan fingerprint density at radius 2 is 1.74 bits per heavy atom. The number of aryl methyl sites for hydroxylation is 2. The van der Waals surface area contributed by atoms with Gasteiger partial charge in [-0.3, -0.25) is 9.48 Å². The first-order valence-corrected chi connectivity index (χ1v) is 11.4. The van der Waals surface area contributed by atoms with Gasteiger partial charge in [-0.15, -0.1) is 0 Å². The van der Waals surface area contributed by atoms with Crippen molar-refractivity contribution in [2.24, 2.45) is 0 Å². The summed E-state index contributed by atoms with van der Waals surface area (Å²) in [5.74, 6) is 1.84. The number of nitrogens with zero attached hydrogens (tertiary/aromatic N) is 2. The molecule has 178 valence electrons. The maximum Gasteiger partial charge on any atom is 0.249 e. The van der Waals surface area contributed by atoms with E-state index < -0.39 is 0 Å². The van der Waals surface area contributed by atoms with Crippen LogP contribution in [0.5, 0.6) is 11.5 Å². The van der Waals surface area contributed by atoms with Crippen LogP contribution in [0.15, 0.2) is 84.9 Å². The van der Waals surface area contributed by atoms with Gasteiger partial charge in [-0.1, -0.05) is 54.6 Å². The summed E-state index contributed by atoms with van der Waals surface area (Å²) < 4.78 is 13.3. The van der Waals surface area contributed by atoms with Crippen LogP contribution in [0.3, 0.4) is 0 Å². The van der Waals surface area contributed by atoms with Gasteiger partial charge >= 0.3 is 0 Å². The van der Waals surface area contributed by atoms with Crippen molar-refractivity contribution in [3.8, 4) is 11.5 Å². The second-order valence-electron chi connectivity index (χ2n) is 8.26. The summed E-state index contributed by atoms with van der Waals surface area (Å²) in [6, 6.07) is 25.6. The number of aromatic nitrogens is 2. The highest BCUT2D eigenvalue weighted by atomic mass is 16.5. The Labute approximate surface area is 205 Å². The molecule has 1 amide bonds. The summed E-state index contributed by atoms with van der Waals surface area (Å²) in [7, 11) is 1.63. The van der Waals surface area contributed by atoms with Crippen LogP contribution in [-0.4, -0.2) is 22.8 Å². The molecule has 0 aliphatic heterocycles. The van der Waals surface area contributed by atoms with E-state index >= 15 is 0 Å². The molecule has 0 radical (unpaired) electrons. The second-order valence-corrected chi connectivity index (χ2v) is 8.26. The molecule has 0 unspecified atom stereocenters. The van der Waals surface area contributed by atoms with E-state index in [0.29, 0.717) is 19.0 Å². The lowest BCUT2D eigenvalue weighted by Gasteiger charge is -2.12. The van der Waals surface area contributed by atoms with E-state index in [1.807, 2.05) is 85.3 Å². The molecule has 0 spiro atoms. The average molecular weight is 468 g/mol. The first kappa shape index (κ1) is 23.8. The van der Waals surface area contributed by atoms with Crippen molar-refractivity contribution in [3.05, 3.63) is 113 Å². The molecule has 1 heterocycles. The van der Waals surface area contributed by atoms with Gasteiger partial charge in [-0.25, -0.2) is 0 Å². The molecule has 0 aliphatic carbocycles. The smallest absolute Gasteiger partial charge is 0.249 e. The van der Waals surface area contributed by atoms with E-state index in [9.17, 15) is 4.79 Å². The number of rotatable bonds is 9. The molecule has 4 rings (SSSR count). The van der Waals surface area contributed by atoms with E-state index in [4.69, 9.17) is 9.47 Å². The van der Waals surface area contributed by atoms with E-state index in [1.165, 1.54) is 6.08 Å². The first-order valence-electron chi connectivity index (χ1n) is 11.4. The fourth-order valence-corrected chi connectivity index (χ4v) is 3.72. The van der Waals surface area contributed by atoms with Crippen molar-refractivity contribution in [1.29, 1.82) is 0 Å². The molecule has 1 N–H and O–H groups in total. The van der Waals surface area contributed by atoms with Crippen molar-refractivity contribution in [1.82, 2.24) is 9.78 Å². The predicted octanol–water partition coefficient (Wildman–Crippen LogP) is 5.79. The molecule has 1 aromatic heterocycles. The monoisotopic (exact) mass is 467 g/mol. The van der Waals surface area contributed by atoms with Crippen LogP contribution >= 0.6 is 0 Å². The third kappa shape index (κ3) is 6.38. The van der Waals surface area contributed by atoms with Gasteiger partial charge in [0.2, 0.25) is 5.91 Å². The lowest BCUT2D eigenvalue weighted by atomic mass is 10.1. The van der Waals surface area contributed by atoms with E-state index in [2.05, 4.69) is 22.5 Å². The van der Waals surface area contributed by atoms with Gasteiger partial charge in [0.1, 0.15) is 18.1 Å². The van der Waals surface area contributed by atoms with Gasteiger partial charge in [0.05, 0.1) is 13.7 Å². The molecule has 4 aromatic rings. The van der Waals surface area contributed by atoms with E-state index in [1.54, 1.807) is 13.2 Å². The molecule has 0 saturated carbocycles. The van der Waals surface area contributed by atoms with Crippen LogP contribution in [0.4, 0.5) is 5.82 Å². The number of anilines is 1. The number of hydrogen-bond acceptors (Lipinski definition) is 4. The van der Waals surface area contributed by atoms with Crippen LogP contribution in [0.25, 0.3) is 6.08 Å². The van der Waals surface area contributed by atoms with Gasteiger partial charge in [0, 0.05) is 23.4 Å². The molecular weight excluding hydrogens is 438 g/mol. The van der Waals surface area contributed by atoms with E-state index in [0.717, 1.165) is 39.4 Å². The van der Waals surface area contributed by atoms with Crippen LogP contribution < -0.4 is 14.8 Å². The number of ether oxygens (including phenoxy) is 2. The molecule has 6 nitrogen and oxygen atoms in total. The molecule has 0 saturated heterocycles. The van der Waals surface area contributed by atoms with Crippen LogP contribution in [0.1, 0.15) is 27.9 Å². The van der Waals surface area contributed by atoms with Gasteiger partial charge < -0.3 is 14.8 Å². The van der Waals surface area contributed by atoms with Crippen LogP contribution in [0.2, 0.25) is 0 Å². The molecule has 0 fully saturated rings. The third-order valence-electron chi connectivity index (χ3n) is 5.62. The van der Waals surface area contributed by atoms with Gasteiger partial charge in [-0.2, -0.15) is 5.10 Å². The SMILES string of the molecule is COc1ccc(/C=C/C(=O)Nc2cc(C)n(Cc3ccccc3)n2)cc1COc1ccccc1C. The number of amides is 1. The first-order chi connectivity index (χ1) is 17.0. The number of methoxy groups -OCH3 is 1. The molecule has 35 heavy (non-hydrogen) atoms. The number of carbonyl (C=O) groups is 1. The maximum atomic E-state index is 12.5. The van der Waals surface area contributed by atoms with Crippen molar-refractivity contribution in [3.63, 3.8) is 0 Å². The summed E-state index contributed by atoms with van der Waals surface area (Å²) in [5.41, 5.74) is 4.96. The van der Waals surface area contributed by atoms with Crippen molar-refractivity contribution in [2.75, 3.05) is 12.4 Å². The minimum absolute atomic E-state index is 0.247. The molecule has 0 atom stereocenters. The lowest BCUT2D eigenvalue weighted by Crippen LogP contribution is -2.09. The van der Waals surface area contributed by atoms with Gasteiger partial charge in [0.15, 0.2) is 5.82 Å². The Morgan fingerprint density at radius 3 is 2.51 bits per heavy atom. The zero-order valence-electron chi connectivity index (χ0n) is 20.2. The molecule has 3 aromatic carbocycles. The highest BCUT2D eigenvalue weighted by Crippen LogP contribution is 2.24. The molecule has 0 aliphatic rings. The van der Waals surface area contributed by atoms with E-state index in [-0.39, 0.29) is 5.91 Å². The summed E-state index contributed by atoms with van der Waals surface area (Å²) >= 11 is 0. The van der Waals surface area contributed by atoms with Crippen molar-refractivity contribution >= 4 is 17.8 Å². The van der Waals surface area contributed by atoms with Gasteiger partial charge in [0.25, 0.3) is 0 Å². The maximum absolute atomic E-state index is 12.5. The fourth-order valence-electron chi connectivity index (χ4n) is 3.72. The zero-order valence-corrected chi connectivity index (χ0v) is 20.2. The number of hydrogen-bond donors (Lipinski definition) is 1. The highest BCUT2D eigenvalue weighted by molar-refractivity contribution is 6.01. The topological polar surface area (TPSA) is 65.4 Å². The van der Waals surface area contributed by atoms with Crippen molar-refractivity contribution in [2.45, 2.75) is 27.0 Å². The number of nitrogens with one attached hydrogen (secondary N) is 1. The normalized spacial score (nSPS) is 10.9. The summed E-state index contributed by atoms with van der Waals surface area (Å²) in [6.07, 6.45) is 3.26. The lowest BCUT2D eigenvalue weighted by molar-refractivity contribution is -0.111. The van der Waals surface area contributed by atoms with Gasteiger partial charge in [-0.05, 0) is 54.8 Å². The quantitative estimate of drug-likeness (QED) is 0.317. The average Bonchev–Trinajstić information content (AvgIpc) is 3.21. The Balaban J connectivity index is 1.40. The number of para-hydroxylation sites is 1. The Bertz CT molecular complexity index is 1330. The summed E-state index contributed by atoms with van der Waals surface area (Å²) in [4.78, 5) is 12.5. The molecular formula is C29H29N3O3. The van der Waals surface area contributed by atoms with Crippen LogP contribution in [0, 0.1) is 13.8 Å². The second kappa shape index (κ2) is 11.2. The van der Waals surface area contributed by atoms with Crippen molar-refractivity contribution < 1.29 is 14.3 Å². The predicted molar refractivity (Wildman–Crippen MR) is 139 cm³/mol. The number of carbonyl (C=O) groups excluding carboxylic acids is 1. The molecule has 6 heteroatoms.